The van der Waals surface area contributed by atoms with E-state index in [1.807, 2.05) is 18.8 Å². The molecule has 2 heterocycles. The van der Waals surface area contributed by atoms with E-state index in [1.54, 1.807) is 0 Å². The van der Waals surface area contributed by atoms with Gasteiger partial charge in [0.15, 0.2) is 0 Å². The first-order chi connectivity index (χ1) is 8.93. The van der Waals surface area contributed by atoms with Crippen LogP contribution < -0.4 is 5.32 Å². The van der Waals surface area contributed by atoms with Gasteiger partial charge in [0, 0.05) is 12.5 Å². The Balaban J connectivity index is 2.44. The van der Waals surface area contributed by atoms with Crippen LogP contribution in [0.2, 0.25) is 0 Å². The van der Waals surface area contributed by atoms with Crippen molar-refractivity contribution in [2.45, 2.75) is 50.7 Å². The average Bonchev–Trinajstić information content (AvgIpc) is 2.38. The first-order valence-electron chi connectivity index (χ1n) is 6.80. The summed E-state index contributed by atoms with van der Waals surface area (Å²) in [7, 11) is 1.91. The summed E-state index contributed by atoms with van der Waals surface area (Å²) in [6.45, 7) is 6.58. The fourth-order valence-electron chi connectivity index (χ4n) is 2.22. The molecule has 1 saturated heterocycles. The molecule has 1 aliphatic heterocycles. The summed E-state index contributed by atoms with van der Waals surface area (Å²) in [6, 6.07) is 0. The molecule has 0 radical (unpaired) electrons. The highest BCUT2D eigenvalue weighted by Crippen LogP contribution is 2.40. The quantitative estimate of drug-likeness (QED) is 0.855. The Labute approximate surface area is 128 Å². The van der Waals surface area contributed by atoms with Gasteiger partial charge in [-0.3, -0.25) is 0 Å². The van der Waals surface area contributed by atoms with Gasteiger partial charge in [0.05, 0.1) is 15.4 Å². The molecule has 19 heavy (non-hydrogen) atoms. The minimum Gasteiger partial charge on any atom is -0.372 e. The lowest BCUT2D eigenvalue weighted by Crippen LogP contribution is -2.19. The standard InChI is InChI=1S/C14H22BrN3S/c1-14(2,3)11-10(15)13(16-4)18-12(17-11)9-7-5-6-8-19-9/h9H,5-8H2,1-4H3,(H,16,17,18). The first-order valence-corrected chi connectivity index (χ1v) is 8.65. The molecule has 1 aromatic rings. The van der Waals surface area contributed by atoms with Crippen LogP contribution in [0.25, 0.3) is 0 Å². The highest BCUT2D eigenvalue weighted by atomic mass is 79.9. The van der Waals surface area contributed by atoms with Crippen molar-refractivity contribution in [2.75, 3.05) is 18.1 Å². The van der Waals surface area contributed by atoms with Crippen molar-refractivity contribution in [1.82, 2.24) is 9.97 Å². The lowest BCUT2D eigenvalue weighted by atomic mass is 9.91. The van der Waals surface area contributed by atoms with Gasteiger partial charge in [0.25, 0.3) is 0 Å². The minimum atomic E-state index is 0.0153. The Morgan fingerprint density at radius 2 is 2.00 bits per heavy atom. The molecule has 3 nitrogen and oxygen atoms in total. The number of anilines is 1. The van der Waals surface area contributed by atoms with Gasteiger partial charge in [-0.25, -0.2) is 9.97 Å². The Morgan fingerprint density at radius 1 is 1.26 bits per heavy atom. The van der Waals surface area contributed by atoms with Crippen LogP contribution in [0, 0.1) is 0 Å². The van der Waals surface area contributed by atoms with Crippen LogP contribution in [0.5, 0.6) is 0 Å². The van der Waals surface area contributed by atoms with E-state index in [9.17, 15) is 0 Å². The second-order valence-corrected chi connectivity index (χ2v) is 8.05. The zero-order valence-electron chi connectivity index (χ0n) is 12.1. The molecule has 0 aliphatic carbocycles. The molecule has 1 atom stereocenters. The van der Waals surface area contributed by atoms with Gasteiger partial charge in [0.1, 0.15) is 11.6 Å². The third-order valence-corrected chi connectivity index (χ3v) is 5.41. The van der Waals surface area contributed by atoms with Crippen LogP contribution in [0.1, 0.15) is 56.8 Å². The van der Waals surface area contributed by atoms with Crippen molar-refractivity contribution in [2.24, 2.45) is 0 Å². The summed E-state index contributed by atoms with van der Waals surface area (Å²) in [5.74, 6) is 3.12. The molecular formula is C14H22BrN3S. The third-order valence-electron chi connectivity index (χ3n) is 3.28. The van der Waals surface area contributed by atoms with Gasteiger partial charge in [-0.05, 0) is 34.5 Å². The highest BCUT2D eigenvalue weighted by Gasteiger charge is 2.26. The number of nitrogens with one attached hydrogen (secondary N) is 1. The molecule has 0 bridgehead atoms. The van der Waals surface area contributed by atoms with E-state index in [0.717, 1.165) is 21.8 Å². The fraction of sp³-hybridized carbons (Fsp3) is 0.714. The average molecular weight is 344 g/mol. The van der Waals surface area contributed by atoms with E-state index in [1.165, 1.54) is 25.0 Å². The molecule has 0 amide bonds. The van der Waals surface area contributed by atoms with E-state index in [-0.39, 0.29) is 5.41 Å². The third kappa shape index (κ3) is 3.43. The predicted molar refractivity (Wildman–Crippen MR) is 87.0 cm³/mol. The topological polar surface area (TPSA) is 37.8 Å². The first kappa shape index (κ1) is 15.1. The van der Waals surface area contributed by atoms with Gasteiger partial charge in [-0.15, -0.1) is 0 Å². The minimum absolute atomic E-state index is 0.0153. The Hall–Kier alpha value is -0.290. The van der Waals surface area contributed by atoms with Gasteiger partial charge in [0.2, 0.25) is 0 Å². The monoisotopic (exact) mass is 343 g/mol. The summed E-state index contributed by atoms with van der Waals surface area (Å²) in [4.78, 5) is 9.56. The number of hydrogen-bond acceptors (Lipinski definition) is 4. The predicted octanol–water partition coefficient (Wildman–Crippen LogP) is 4.54. The second-order valence-electron chi connectivity index (χ2n) is 5.95. The summed E-state index contributed by atoms with van der Waals surface area (Å²) in [5, 5.41) is 3.63. The number of nitrogens with zero attached hydrogens (tertiary/aromatic N) is 2. The van der Waals surface area contributed by atoms with Crippen LogP contribution >= 0.6 is 27.7 Å². The van der Waals surface area contributed by atoms with Crippen molar-refractivity contribution >= 4 is 33.5 Å². The van der Waals surface area contributed by atoms with Crippen LogP contribution in [0.15, 0.2) is 4.47 Å². The second kappa shape index (κ2) is 6.00. The lowest BCUT2D eigenvalue weighted by Gasteiger charge is -2.25. The van der Waals surface area contributed by atoms with Gasteiger partial charge in [-0.1, -0.05) is 27.2 Å². The maximum atomic E-state index is 4.86. The molecule has 5 heteroatoms. The summed E-state index contributed by atoms with van der Waals surface area (Å²) in [6.07, 6.45) is 3.80. The van der Waals surface area contributed by atoms with Crippen molar-refractivity contribution in [3.05, 3.63) is 16.0 Å². The molecule has 1 aliphatic rings. The molecule has 1 fully saturated rings. The molecule has 0 saturated carbocycles. The number of rotatable bonds is 2. The van der Waals surface area contributed by atoms with Crippen LogP contribution in [0.4, 0.5) is 5.82 Å². The Bertz CT molecular complexity index is 451. The summed E-state index contributed by atoms with van der Waals surface area (Å²) >= 11 is 5.63. The van der Waals surface area contributed by atoms with E-state index in [0.29, 0.717) is 5.25 Å². The fourth-order valence-corrected chi connectivity index (χ4v) is 4.43. The Morgan fingerprint density at radius 3 is 2.53 bits per heavy atom. The molecule has 1 unspecified atom stereocenters. The zero-order chi connectivity index (χ0) is 14.0. The molecule has 0 aromatic carbocycles. The zero-order valence-corrected chi connectivity index (χ0v) is 14.5. The molecular weight excluding hydrogens is 322 g/mol. The van der Waals surface area contributed by atoms with Crippen LogP contribution in [-0.2, 0) is 5.41 Å². The SMILES string of the molecule is CNc1nc(C2CCCCS2)nc(C(C)(C)C)c1Br. The van der Waals surface area contributed by atoms with Gasteiger partial charge >= 0.3 is 0 Å². The normalized spacial score (nSPS) is 20.4. The largest absolute Gasteiger partial charge is 0.372 e. The van der Waals surface area contributed by atoms with Crippen molar-refractivity contribution in [3.8, 4) is 0 Å². The van der Waals surface area contributed by atoms with Gasteiger partial charge < -0.3 is 5.32 Å². The van der Waals surface area contributed by atoms with E-state index in [4.69, 9.17) is 9.97 Å². The van der Waals surface area contributed by atoms with Crippen molar-refractivity contribution < 1.29 is 0 Å². The summed E-state index contributed by atoms with van der Waals surface area (Å²) in [5.41, 5.74) is 1.11. The van der Waals surface area contributed by atoms with E-state index in [2.05, 4.69) is 42.0 Å². The molecule has 1 aromatic heterocycles. The summed E-state index contributed by atoms with van der Waals surface area (Å²) < 4.78 is 0.993. The number of hydrogen-bond donors (Lipinski definition) is 1. The maximum absolute atomic E-state index is 4.86. The van der Waals surface area contributed by atoms with Crippen molar-refractivity contribution in [3.63, 3.8) is 0 Å². The highest BCUT2D eigenvalue weighted by molar-refractivity contribution is 9.10. The maximum Gasteiger partial charge on any atom is 0.144 e. The van der Waals surface area contributed by atoms with Crippen LogP contribution in [0.3, 0.4) is 0 Å². The van der Waals surface area contributed by atoms with Crippen LogP contribution in [-0.4, -0.2) is 22.8 Å². The number of thioether (sulfide) groups is 1. The Kier molecular flexibility index (Phi) is 4.77. The number of aromatic nitrogens is 2. The molecule has 2 rings (SSSR count). The molecule has 1 N–H and O–H groups in total. The number of halogens is 1. The van der Waals surface area contributed by atoms with Crippen molar-refractivity contribution in [1.29, 1.82) is 0 Å². The smallest absolute Gasteiger partial charge is 0.144 e. The van der Waals surface area contributed by atoms with E-state index >= 15 is 0 Å². The molecule has 106 valence electrons. The molecule has 0 spiro atoms. The lowest BCUT2D eigenvalue weighted by molar-refractivity contribution is 0.554. The van der Waals surface area contributed by atoms with Gasteiger partial charge in [-0.2, -0.15) is 11.8 Å². The van der Waals surface area contributed by atoms with E-state index < -0.39 is 0 Å².